The zero-order valence-electron chi connectivity index (χ0n) is 13.9. The van der Waals surface area contributed by atoms with Crippen LogP contribution >= 0.6 is 0 Å². The zero-order valence-corrected chi connectivity index (χ0v) is 14.7. The van der Waals surface area contributed by atoms with Gasteiger partial charge in [0.25, 0.3) is 10.0 Å². The predicted octanol–water partition coefficient (Wildman–Crippen LogP) is 3.21. The molecule has 24 heavy (non-hydrogen) atoms. The number of anilines is 2. The Morgan fingerprint density at radius 3 is 2.46 bits per heavy atom. The Kier molecular flexibility index (Phi) is 3.76. The van der Waals surface area contributed by atoms with Crippen LogP contribution in [0, 0.1) is 0 Å². The van der Waals surface area contributed by atoms with Crippen LogP contribution in [-0.2, 0) is 22.9 Å². The average Bonchev–Trinajstić information content (AvgIpc) is 2.99. The highest BCUT2D eigenvalue weighted by Gasteiger charge is 2.30. The fourth-order valence-corrected chi connectivity index (χ4v) is 5.34. The summed E-state index contributed by atoms with van der Waals surface area (Å²) in [5, 5.41) is 0. The van der Waals surface area contributed by atoms with Gasteiger partial charge >= 0.3 is 0 Å². The highest BCUT2D eigenvalue weighted by Crippen LogP contribution is 2.35. The summed E-state index contributed by atoms with van der Waals surface area (Å²) in [4.78, 5) is 2.55. The molecule has 0 amide bonds. The molecule has 2 aromatic carbocycles. The first-order valence-electron chi connectivity index (χ1n) is 8.52. The van der Waals surface area contributed by atoms with Gasteiger partial charge in [0.2, 0.25) is 0 Å². The van der Waals surface area contributed by atoms with Crippen LogP contribution in [0.3, 0.4) is 0 Å². The molecule has 0 atom stereocenters. The number of hydrogen-bond acceptors (Lipinski definition) is 3. The summed E-state index contributed by atoms with van der Waals surface area (Å²) < 4.78 is 28.2. The third kappa shape index (κ3) is 2.47. The molecule has 0 radical (unpaired) electrons. The second-order valence-corrected chi connectivity index (χ2v) is 8.49. The molecule has 126 valence electrons. The molecule has 4 rings (SSSR count). The van der Waals surface area contributed by atoms with Gasteiger partial charge < -0.3 is 4.90 Å². The maximum atomic E-state index is 13.3. The van der Waals surface area contributed by atoms with Gasteiger partial charge in [0.1, 0.15) is 0 Å². The summed E-state index contributed by atoms with van der Waals surface area (Å²) in [6.07, 6.45) is 3.98. The lowest BCUT2D eigenvalue weighted by Gasteiger charge is -2.25. The predicted molar refractivity (Wildman–Crippen MR) is 97.3 cm³/mol. The quantitative estimate of drug-likeness (QED) is 0.841. The Morgan fingerprint density at radius 2 is 1.62 bits per heavy atom. The lowest BCUT2D eigenvalue weighted by Crippen LogP contribution is -2.31. The molecule has 0 bridgehead atoms. The van der Waals surface area contributed by atoms with Gasteiger partial charge in [-0.15, -0.1) is 0 Å². The molecule has 0 fully saturated rings. The Balaban J connectivity index is 1.80. The van der Waals surface area contributed by atoms with E-state index in [4.69, 9.17) is 0 Å². The van der Waals surface area contributed by atoms with Crippen LogP contribution in [0.1, 0.15) is 24.0 Å². The monoisotopic (exact) mass is 342 g/mol. The number of para-hydroxylation sites is 2. The fourth-order valence-electron chi connectivity index (χ4n) is 3.78. The Labute approximate surface area is 143 Å². The molecule has 1 aliphatic carbocycles. The Bertz CT molecular complexity index is 877. The lowest BCUT2D eigenvalue weighted by atomic mass is 10.1. The molecular formula is C19H22N2O2S. The molecule has 5 heteroatoms. The van der Waals surface area contributed by atoms with Gasteiger partial charge in [-0.3, -0.25) is 4.31 Å². The highest BCUT2D eigenvalue weighted by molar-refractivity contribution is 7.92. The van der Waals surface area contributed by atoms with E-state index in [2.05, 4.69) is 4.90 Å². The van der Waals surface area contributed by atoms with E-state index < -0.39 is 10.0 Å². The minimum absolute atomic E-state index is 0.419. The minimum Gasteiger partial charge on any atom is -0.373 e. The van der Waals surface area contributed by atoms with Crippen molar-refractivity contribution in [3.05, 3.63) is 53.6 Å². The molecule has 0 aromatic heterocycles. The van der Waals surface area contributed by atoms with Gasteiger partial charge in [0.05, 0.1) is 16.3 Å². The largest absolute Gasteiger partial charge is 0.373 e. The van der Waals surface area contributed by atoms with E-state index in [0.717, 1.165) is 43.6 Å². The number of sulfonamides is 1. The maximum Gasteiger partial charge on any atom is 0.264 e. The summed E-state index contributed by atoms with van der Waals surface area (Å²) in [5.41, 5.74) is 4.24. The molecule has 4 nitrogen and oxygen atoms in total. The number of rotatable bonds is 2. The maximum absolute atomic E-state index is 13.3. The van der Waals surface area contributed by atoms with Crippen molar-refractivity contribution in [3.63, 3.8) is 0 Å². The van der Waals surface area contributed by atoms with Crippen LogP contribution in [-0.4, -0.2) is 28.6 Å². The first-order chi connectivity index (χ1) is 11.6. The van der Waals surface area contributed by atoms with E-state index in [1.807, 2.05) is 43.4 Å². The number of benzene rings is 2. The van der Waals surface area contributed by atoms with E-state index in [0.29, 0.717) is 11.4 Å². The summed E-state index contributed by atoms with van der Waals surface area (Å²) in [5.74, 6) is 0. The highest BCUT2D eigenvalue weighted by atomic mass is 32.2. The van der Waals surface area contributed by atoms with Gasteiger partial charge in [0.15, 0.2) is 0 Å². The Hall–Kier alpha value is -2.01. The van der Waals surface area contributed by atoms with Crippen molar-refractivity contribution in [2.45, 2.75) is 30.6 Å². The molecule has 0 saturated heterocycles. The molecule has 0 N–H and O–H groups in total. The smallest absolute Gasteiger partial charge is 0.264 e. The molecule has 1 aliphatic heterocycles. The SMILES string of the molecule is CN1CCCN(S(=O)(=O)c2ccc3c(c2)CCC3)c2ccccc21. The molecular weight excluding hydrogens is 320 g/mol. The number of hydrogen-bond donors (Lipinski definition) is 0. The van der Waals surface area contributed by atoms with E-state index in [1.54, 1.807) is 10.4 Å². The van der Waals surface area contributed by atoms with E-state index in [1.165, 1.54) is 11.1 Å². The zero-order chi connectivity index (χ0) is 16.7. The minimum atomic E-state index is -3.54. The first-order valence-corrected chi connectivity index (χ1v) is 9.96. The molecule has 1 heterocycles. The van der Waals surface area contributed by atoms with E-state index in [9.17, 15) is 8.42 Å². The van der Waals surface area contributed by atoms with Crippen molar-refractivity contribution in [2.75, 3.05) is 29.3 Å². The Morgan fingerprint density at radius 1 is 0.875 bits per heavy atom. The molecule has 0 unspecified atom stereocenters. The third-order valence-corrected chi connectivity index (χ3v) is 6.88. The van der Waals surface area contributed by atoms with Crippen LogP contribution < -0.4 is 9.21 Å². The van der Waals surface area contributed by atoms with Crippen LogP contribution in [0.5, 0.6) is 0 Å². The van der Waals surface area contributed by atoms with E-state index in [-0.39, 0.29) is 0 Å². The van der Waals surface area contributed by atoms with Crippen molar-refractivity contribution >= 4 is 21.4 Å². The second kappa shape index (κ2) is 5.81. The number of nitrogens with zero attached hydrogens (tertiary/aromatic N) is 2. The average molecular weight is 342 g/mol. The lowest BCUT2D eigenvalue weighted by molar-refractivity contribution is 0.590. The number of aryl methyl sites for hydroxylation is 2. The van der Waals surface area contributed by atoms with Gasteiger partial charge in [0, 0.05) is 20.1 Å². The van der Waals surface area contributed by atoms with Crippen LogP contribution in [0.15, 0.2) is 47.4 Å². The molecule has 2 aliphatic rings. The molecule has 0 saturated carbocycles. The summed E-state index contributed by atoms with van der Waals surface area (Å²) in [6, 6.07) is 13.4. The first kappa shape index (κ1) is 15.5. The summed E-state index contributed by atoms with van der Waals surface area (Å²) in [7, 11) is -1.52. The topological polar surface area (TPSA) is 40.6 Å². The molecule has 2 aromatic rings. The normalized spacial score (nSPS) is 17.4. The van der Waals surface area contributed by atoms with Crippen molar-refractivity contribution in [1.82, 2.24) is 0 Å². The van der Waals surface area contributed by atoms with Crippen LogP contribution in [0.4, 0.5) is 11.4 Å². The van der Waals surface area contributed by atoms with E-state index >= 15 is 0 Å². The van der Waals surface area contributed by atoms with Crippen molar-refractivity contribution in [2.24, 2.45) is 0 Å². The fraction of sp³-hybridized carbons (Fsp3) is 0.368. The standard InChI is InChI=1S/C19H22N2O2S/c1-20-12-5-13-21(19-9-3-2-8-18(19)20)24(22,23)17-11-10-15-6-4-7-16(15)14-17/h2-3,8-11,14H,4-7,12-13H2,1H3. The van der Waals surface area contributed by atoms with Gasteiger partial charge in [-0.05, 0) is 61.1 Å². The van der Waals surface area contributed by atoms with Crippen molar-refractivity contribution < 1.29 is 8.42 Å². The van der Waals surface area contributed by atoms with Gasteiger partial charge in [-0.1, -0.05) is 18.2 Å². The van der Waals surface area contributed by atoms with Crippen LogP contribution in [0.2, 0.25) is 0 Å². The summed E-state index contributed by atoms with van der Waals surface area (Å²) >= 11 is 0. The third-order valence-electron chi connectivity index (χ3n) is 5.07. The van der Waals surface area contributed by atoms with Crippen LogP contribution in [0.25, 0.3) is 0 Å². The van der Waals surface area contributed by atoms with Crippen molar-refractivity contribution in [3.8, 4) is 0 Å². The summed E-state index contributed by atoms with van der Waals surface area (Å²) in [6.45, 7) is 1.37. The van der Waals surface area contributed by atoms with Gasteiger partial charge in [-0.2, -0.15) is 0 Å². The second-order valence-electron chi connectivity index (χ2n) is 6.63. The molecule has 0 spiro atoms. The van der Waals surface area contributed by atoms with Gasteiger partial charge in [-0.25, -0.2) is 8.42 Å². The number of fused-ring (bicyclic) bond motifs is 2. The van der Waals surface area contributed by atoms with Crippen molar-refractivity contribution in [1.29, 1.82) is 0 Å².